The molecule has 1 aliphatic rings. The van der Waals surface area contributed by atoms with Crippen LogP contribution in [0.2, 0.25) is 0 Å². The lowest BCUT2D eigenvalue weighted by molar-refractivity contribution is 0.0696. The molecule has 0 aromatic heterocycles. The molecule has 0 bridgehead atoms. The van der Waals surface area contributed by atoms with E-state index in [-0.39, 0.29) is 16.5 Å². The Morgan fingerprint density at radius 3 is 2.62 bits per heavy atom. The van der Waals surface area contributed by atoms with Crippen LogP contribution in [0.15, 0.2) is 23.1 Å². The van der Waals surface area contributed by atoms with Gasteiger partial charge >= 0.3 is 5.97 Å². The van der Waals surface area contributed by atoms with E-state index in [1.807, 2.05) is 18.7 Å². The van der Waals surface area contributed by atoms with Crippen molar-refractivity contribution in [2.45, 2.75) is 37.1 Å². The van der Waals surface area contributed by atoms with Crippen LogP contribution in [-0.4, -0.2) is 37.0 Å². The van der Waals surface area contributed by atoms with Crippen molar-refractivity contribution in [2.24, 2.45) is 0 Å². The standard InChI is InChI=1S/C14H19NO4S2/c1-2-10-3-4-11(14(16)17)9-13(10)21(18,19)15-12-5-7-20-8-6-12/h3-4,9,12,15H,2,5-8H2,1H3,(H,16,17). The van der Waals surface area contributed by atoms with Crippen LogP contribution < -0.4 is 4.72 Å². The molecular weight excluding hydrogens is 310 g/mol. The van der Waals surface area contributed by atoms with Gasteiger partial charge in [0, 0.05) is 6.04 Å². The number of hydrogen-bond acceptors (Lipinski definition) is 4. The van der Waals surface area contributed by atoms with Gasteiger partial charge in [0.15, 0.2) is 0 Å². The minimum atomic E-state index is -3.68. The Balaban J connectivity index is 2.32. The summed E-state index contributed by atoms with van der Waals surface area (Å²) in [7, 11) is -3.68. The Bertz CT molecular complexity index is 622. The third-order valence-corrected chi connectivity index (χ3v) is 6.18. The molecule has 1 fully saturated rings. The molecule has 7 heteroatoms. The Hall–Kier alpha value is -1.05. The summed E-state index contributed by atoms with van der Waals surface area (Å²) in [6.07, 6.45) is 2.16. The van der Waals surface area contributed by atoms with E-state index in [1.54, 1.807) is 6.07 Å². The van der Waals surface area contributed by atoms with Crippen molar-refractivity contribution in [3.63, 3.8) is 0 Å². The molecule has 0 saturated carbocycles. The Labute approximate surface area is 129 Å². The molecule has 0 radical (unpaired) electrons. The van der Waals surface area contributed by atoms with Crippen LogP contribution in [-0.2, 0) is 16.4 Å². The van der Waals surface area contributed by atoms with Gasteiger partial charge in [-0.05, 0) is 48.5 Å². The first-order chi connectivity index (χ1) is 9.94. The maximum atomic E-state index is 12.5. The summed E-state index contributed by atoms with van der Waals surface area (Å²) in [5.41, 5.74) is 0.629. The SMILES string of the molecule is CCc1ccc(C(=O)O)cc1S(=O)(=O)NC1CCSCC1. The van der Waals surface area contributed by atoms with Gasteiger partial charge in [-0.3, -0.25) is 0 Å². The molecule has 2 N–H and O–H groups in total. The van der Waals surface area contributed by atoms with Crippen LogP contribution in [0.5, 0.6) is 0 Å². The number of carboxylic acids is 1. The summed E-state index contributed by atoms with van der Waals surface area (Å²) in [6, 6.07) is 4.21. The van der Waals surface area contributed by atoms with Crippen molar-refractivity contribution in [2.75, 3.05) is 11.5 Å². The number of carboxylic acid groups (broad SMARTS) is 1. The number of sulfonamides is 1. The molecule has 21 heavy (non-hydrogen) atoms. The fourth-order valence-corrected chi connectivity index (χ4v) is 5.08. The summed E-state index contributed by atoms with van der Waals surface area (Å²) in [4.78, 5) is 11.1. The molecule has 0 amide bonds. The summed E-state index contributed by atoms with van der Waals surface area (Å²) >= 11 is 1.82. The molecule has 0 aliphatic carbocycles. The first kappa shape index (κ1) is 16.3. The van der Waals surface area contributed by atoms with Crippen LogP contribution in [0.25, 0.3) is 0 Å². The van der Waals surface area contributed by atoms with Gasteiger partial charge in [-0.15, -0.1) is 0 Å². The van der Waals surface area contributed by atoms with Gasteiger partial charge in [-0.25, -0.2) is 17.9 Å². The smallest absolute Gasteiger partial charge is 0.335 e. The minimum Gasteiger partial charge on any atom is -0.478 e. The van der Waals surface area contributed by atoms with E-state index in [4.69, 9.17) is 5.11 Å². The van der Waals surface area contributed by atoms with E-state index in [0.717, 1.165) is 24.3 Å². The van der Waals surface area contributed by atoms with Crippen molar-refractivity contribution in [1.82, 2.24) is 4.72 Å². The molecule has 1 heterocycles. The molecule has 0 spiro atoms. The van der Waals surface area contributed by atoms with E-state index in [2.05, 4.69) is 4.72 Å². The van der Waals surface area contributed by atoms with E-state index in [0.29, 0.717) is 12.0 Å². The van der Waals surface area contributed by atoms with Crippen molar-refractivity contribution in [3.05, 3.63) is 29.3 Å². The van der Waals surface area contributed by atoms with E-state index >= 15 is 0 Å². The molecule has 2 rings (SSSR count). The molecule has 1 saturated heterocycles. The highest BCUT2D eigenvalue weighted by atomic mass is 32.2. The van der Waals surface area contributed by atoms with Gasteiger partial charge in [0.1, 0.15) is 0 Å². The highest BCUT2D eigenvalue weighted by Crippen LogP contribution is 2.22. The van der Waals surface area contributed by atoms with Gasteiger partial charge in [-0.2, -0.15) is 11.8 Å². The number of rotatable bonds is 5. The number of carbonyl (C=O) groups is 1. The van der Waals surface area contributed by atoms with Crippen molar-refractivity contribution in [1.29, 1.82) is 0 Å². The molecular formula is C14H19NO4S2. The first-order valence-electron chi connectivity index (χ1n) is 6.90. The molecule has 5 nitrogen and oxygen atoms in total. The third kappa shape index (κ3) is 3.99. The number of nitrogens with one attached hydrogen (secondary N) is 1. The molecule has 1 aromatic rings. The van der Waals surface area contributed by atoms with Gasteiger partial charge in [-0.1, -0.05) is 13.0 Å². The fraction of sp³-hybridized carbons (Fsp3) is 0.500. The Morgan fingerprint density at radius 1 is 1.38 bits per heavy atom. The zero-order valence-electron chi connectivity index (χ0n) is 11.8. The zero-order valence-corrected chi connectivity index (χ0v) is 13.5. The van der Waals surface area contributed by atoms with Gasteiger partial charge in [0.2, 0.25) is 10.0 Å². The van der Waals surface area contributed by atoms with Crippen LogP contribution in [0.4, 0.5) is 0 Å². The first-order valence-corrected chi connectivity index (χ1v) is 9.54. The number of hydrogen-bond donors (Lipinski definition) is 2. The minimum absolute atomic E-state index is 0.00762. The third-order valence-electron chi connectivity index (χ3n) is 3.53. The predicted molar refractivity (Wildman–Crippen MR) is 83.4 cm³/mol. The average Bonchev–Trinajstić information content (AvgIpc) is 2.47. The summed E-state index contributed by atoms with van der Waals surface area (Å²) in [5, 5.41) is 9.04. The van der Waals surface area contributed by atoms with E-state index in [9.17, 15) is 13.2 Å². The largest absolute Gasteiger partial charge is 0.478 e. The molecule has 1 aliphatic heterocycles. The lowest BCUT2D eigenvalue weighted by Gasteiger charge is -2.23. The lowest BCUT2D eigenvalue weighted by Crippen LogP contribution is -2.37. The molecule has 116 valence electrons. The normalized spacial score (nSPS) is 16.8. The van der Waals surface area contributed by atoms with Gasteiger partial charge in [0.25, 0.3) is 0 Å². The molecule has 1 aromatic carbocycles. The maximum Gasteiger partial charge on any atom is 0.335 e. The Kier molecular flexibility index (Phi) is 5.29. The number of aryl methyl sites for hydroxylation is 1. The van der Waals surface area contributed by atoms with E-state index < -0.39 is 16.0 Å². The van der Waals surface area contributed by atoms with Crippen LogP contribution in [0, 0.1) is 0 Å². The predicted octanol–water partition coefficient (Wildman–Crippen LogP) is 2.12. The highest BCUT2D eigenvalue weighted by Gasteiger charge is 2.24. The number of thioether (sulfide) groups is 1. The Morgan fingerprint density at radius 2 is 2.05 bits per heavy atom. The van der Waals surface area contributed by atoms with Crippen molar-refractivity contribution >= 4 is 27.8 Å². The molecule has 0 unspecified atom stereocenters. The number of aromatic carboxylic acids is 1. The van der Waals surface area contributed by atoms with E-state index in [1.165, 1.54) is 12.1 Å². The van der Waals surface area contributed by atoms with Gasteiger partial charge < -0.3 is 5.11 Å². The fourth-order valence-electron chi connectivity index (χ4n) is 2.33. The second-order valence-corrected chi connectivity index (χ2v) is 7.90. The summed E-state index contributed by atoms with van der Waals surface area (Å²) < 4.78 is 27.8. The monoisotopic (exact) mass is 329 g/mol. The maximum absolute atomic E-state index is 12.5. The second kappa shape index (κ2) is 6.81. The average molecular weight is 329 g/mol. The molecule has 0 atom stereocenters. The van der Waals surface area contributed by atoms with Crippen LogP contribution >= 0.6 is 11.8 Å². The summed E-state index contributed by atoms with van der Waals surface area (Å²) in [5.74, 6) is 0.773. The quantitative estimate of drug-likeness (QED) is 0.864. The second-order valence-electron chi connectivity index (χ2n) is 4.99. The highest BCUT2D eigenvalue weighted by molar-refractivity contribution is 7.99. The zero-order chi connectivity index (χ0) is 15.5. The van der Waals surface area contributed by atoms with Gasteiger partial charge in [0.05, 0.1) is 10.5 Å². The lowest BCUT2D eigenvalue weighted by atomic mass is 10.1. The van der Waals surface area contributed by atoms with Crippen molar-refractivity contribution in [3.8, 4) is 0 Å². The number of benzene rings is 1. The van der Waals surface area contributed by atoms with Crippen LogP contribution in [0.3, 0.4) is 0 Å². The summed E-state index contributed by atoms with van der Waals surface area (Å²) in [6.45, 7) is 1.85. The topological polar surface area (TPSA) is 83.5 Å². The van der Waals surface area contributed by atoms with Crippen molar-refractivity contribution < 1.29 is 18.3 Å². The van der Waals surface area contributed by atoms with Crippen LogP contribution in [0.1, 0.15) is 35.7 Å².